The van der Waals surface area contributed by atoms with Crippen LogP contribution in [0.3, 0.4) is 0 Å². The van der Waals surface area contributed by atoms with Gasteiger partial charge < -0.3 is 9.63 Å². The number of aryl methyl sites for hydroxylation is 1. The summed E-state index contributed by atoms with van der Waals surface area (Å²) < 4.78 is 5.12. The van der Waals surface area contributed by atoms with Crippen LogP contribution in [0.2, 0.25) is 0 Å². The highest BCUT2D eigenvalue weighted by Crippen LogP contribution is 2.20. The number of hydrogen-bond acceptors (Lipinski definition) is 5. The number of rotatable bonds is 3. The standard InChI is InChI=1S/C12H15N3O2/c1-7-5-4-6-10(13-7)11-14-12(17-15-11)8(2)9(3)16/h4-6,8-9,16H,1-3H3. The molecule has 0 amide bonds. The molecular formula is C12H15N3O2. The second kappa shape index (κ2) is 4.63. The second-order valence-corrected chi connectivity index (χ2v) is 4.15. The second-order valence-electron chi connectivity index (χ2n) is 4.15. The van der Waals surface area contributed by atoms with Gasteiger partial charge in [0, 0.05) is 5.69 Å². The van der Waals surface area contributed by atoms with E-state index in [1.807, 2.05) is 32.0 Å². The third-order valence-electron chi connectivity index (χ3n) is 2.67. The quantitative estimate of drug-likeness (QED) is 0.876. The van der Waals surface area contributed by atoms with Crippen LogP contribution < -0.4 is 0 Å². The number of hydrogen-bond donors (Lipinski definition) is 1. The maximum absolute atomic E-state index is 9.45. The Bertz CT molecular complexity index is 508. The Morgan fingerprint density at radius 3 is 2.65 bits per heavy atom. The van der Waals surface area contributed by atoms with Crippen molar-refractivity contribution in [3.63, 3.8) is 0 Å². The first kappa shape index (κ1) is 11.7. The van der Waals surface area contributed by atoms with Crippen LogP contribution in [-0.4, -0.2) is 26.3 Å². The zero-order valence-electron chi connectivity index (χ0n) is 10.1. The monoisotopic (exact) mass is 233 g/mol. The Hall–Kier alpha value is -1.75. The summed E-state index contributed by atoms with van der Waals surface area (Å²) in [7, 11) is 0. The van der Waals surface area contributed by atoms with Gasteiger partial charge in [0.15, 0.2) is 0 Å². The third kappa shape index (κ3) is 2.50. The van der Waals surface area contributed by atoms with Gasteiger partial charge in [-0.2, -0.15) is 4.98 Å². The van der Waals surface area contributed by atoms with Crippen LogP contribution in [0.5, 0.6) is 0 Å². The molecule has 0 bridgehead atoms. The lowest BCUT2D eigenvalue weighted by Gasteiger charge is -2.07. The van der Waals surface area contributed by atoms with E-state index < -0.39 is 6.10 Å². The summed E-state index contributed by atoms with van der Waals surface area (Å²) >= 11 is 0. The lowest BCUT2D eigenvalue weighted by Crippen LogP contribution is -2.11. The van der Waals surface area contributed by atoms with Gasteiger partial charge in [0.05, 0.1) is 12.0 Å². The fraction of sp³-hybridized carbons (Fsp3) is 0.417. The van der Waals surface area contributed by atoms with Crippen molar-refractivity contribution in [2.45, 2.75) is 32.8 Å². The zero-order chi connectivity index (χ0) is 12.4. The van der Waals surface area contributed by atoms with Gasteiger partial charge in [0.25, 0.3) is 0 Å². The van der Waals surface area contributed by atoms with E-state index in [0.29, 0.717) is 17.4 Å². The van der Waals surface area contributed by atoms with E-state index in [-0.39, 0.29) is 5.92 Å². The van der Waals surface area contributed by atoms with Crippen molar-refractivity contribution in [1.82, 2.24) is 15.1 Å². The van der Waals surface area contributed by atoms with Crippen LogP contribution in [0.25, 0.3) is 11.5 Å². The van der Waals surface area contributed by atoms with Crippen LogP contribution in [0.1, 0.15) is 31.4 Å². The lowest BCUT2D eigenvalue weighted by molar-refractivity contribution is 0.151. The lowest BCUT2D eigenvalue weighted by atomic mass is 10.1. The first-order chi connectivity index (χ1) is 8.08. The van der Waals surface area contributed by atoms with Crippen LogP contribution in [0.4, 0.5) is 0 Å². The van der Waals surface area contributed by atoms with Crippen LogP contribution in [0, 0.1) is 6.92 Å². The molecule has 2 atom stereocenters. The van der Waals surface area contributed by atoms with E-state index in [0.717, 1.165) is 5.69 Å². The molecule has 2 heterocycles. The Labute approximate surface area is 99.5 Å². The van der Waals surface area contributed by atoms with Crippen LogP contribution >= 0.6 is 0 Å². The number of aliphatic hydroxyl groups is 1. The molecule has 2 unspecified atom stereocenters. The van der Waals surface area contributed by atoms with Gasteiger partial charge in [-0.25, -0.2) is 4.98 Å². The average Bonchev–Trinajstić information content (AvgIpc) is 2.77. The molecule has 0 spiro atoms. The first-order valence-corrected chi connectivity index (χ1v) is 5.53. The zero-order valence-corrected chi connectivity index (χ0v) is 10.1. The summed E-state index contributed by atoms with van der Waals surface area (Å²) in [6.07, 6.45) is -0.520. The highest BCUT2D eigenvalue weighted by Gasteiger charge is 2.19. The van der Waals surface area contributed by atoms with Crippen molar-refractivity contribution in [1.29, 1.82) is 0 Å². The third-order valence-corrected chi connectivity index (χ3v) is 2.67. The van der Waals surface area contributed by atoms with Crippen molar-refractivity contribution in [3.05, 3.63) is 29.8 Å². The highest BCUT2D eigenvalue weighted by atomic mass is 16.5. The molecule has 0 saturated heterocycles. The van der Waals surface area contributed by atoms with Crippen molar-refractivity contribution in [2.75, 3.05) is 0 Å². The average molecular weight is 233 g/mol. The van der Waals surface area contributed by atoms with Gasteiger partial charge in [0.2, 0.25) is 11.7 Å². The van der Waals surface area contributed by atoms with E-state index >= 15 is 0 Å². The molecule has 1 N–H and O–H groups in total. The Morgan fingerprint density at radius 1 is 1.24 bits per heavy atom. The fourth-order valence-electron chi connectivity index (χ4n) is 1.40. The van der Waals surface area contributed by atoms with Gasteiger partial charge in [-0.15, -0.1) is 0 Å². The van der Waals surface area contributed by atoms with Gasteiger partial charge in [-0.3, -0.25) is 0 Å². The van der Waals surface area contributed by atoms with Gasteiger partial charge in [-0.1, -0.05) is 18.1 Å². The summed E-state index contributed by atoms with van der Waals surface area (Å²) in [5.41, 5.74) is 1.58. The topological polar surface area (TPSA) is 72.0 Å². The van der Waals surface area contributed by atoms with Crippen molar-refractivity contribution in [3.8, 4) is 11.5 Å². The Kier molecular flexibility index (Phi) is 3.19. The summed E-state index contributed by atoms with van der Waals surface area (Å²) in [6.45, 7) is 5.44. The largest absolute Gasteiger partial charge is 0.393 e. The molecule has 0 aliphatic rings. The molecule has 2 aromatic rings. The first-order valence-electron chi connectivity index (χ1n) is 5.53. The minimum absolute atomic E-state index is 0.180. The van der Waals surface area contributed by atoms with Crippen molar-refractivity contribution < 1.29 is 9.63 Å². The summed E-state index contributed by atoms with van der Waals surface area (Å²) in [6, 6.07) is 5.63. The molecule has 5 heteroatoms. The minimum atomic E-state index is -0.520. The maximum Gasteiger partial charge on any atom is 0.232 e. The molecule has 0 aliphatic carbocycles. The number of aliphatic hydroxyl groups excluding tert-OH is 1. The molecule has 2 rings (SSSR count). The van der Waals surface area contributed by atoms with Crippen molar-refractivity contribution in [2.24, 2.45) is 0 Å². The SMILES string of the molecule is Cc1cccc(-c2noc(C(C)C(C)O)n2)n1. The van der Waals surface area contributed by atoms with E-state index in [2.05, 4.69) is 15.1 Å². The minimum Gasteiger partial charge on any atom is -0.393 e. The summed E-state index contributed by atoms with van der Waals surface area (Å²) in [5, 5.41) is 13.3. The molecule has 0 radical (unpaired) electrons. The molecular weight excluding hydrogens is 218 g/mol. The highest BCUT2D eigenvalue weighted by molar-refractivity contribution is 5.48. The number of pyridine rings is 1. The molecule has 0 aromatic carbocycles. The van der Waals surface area contributed by atoms with Gasteiger partial charge in [-0.05, 0) is 26.0 Å². The van der Waals surface area contributed by atoms with E-state index in [4.69, 9.17) is 4.52 Å². The van der Waals surface area contributed by atoms with E-state index in [9.17, 15) is 5.11 Å². The molecule has 2 aromatic heterocycles. The fourth-order valence-corrected chi connectivity index (χ4v) is 1.40. The van der Waals surface area contributed by atoms with Crippen LogP contribution in [-0.2, 0) is 0 Å². The molecule has 0 aliphatic heterocycles. The number of aromatic nitrogens is 3. The Balaban J connectivity index is 2.30. The molecule has 17 heavy (non-hydrogen) atoms. The van der Waals surface area contributed by atoms with E-state index in [1.54, 1.807) is 6.92 Å². The Morgan fingerprint density at radius 2 is 2.00 bits per heavy atom. The molecule has 0 saturated carbocycles. The molecule has 90 valence electrons. The predicted octanol–water partition coefficient (Wildman–Crippen LogP) is 1.92. The summed E-state index contributed by atoms with van der Waals surface area (Å²) in [5.74, 6) is 0.704. The van der Waals surface area contributed by atoms with Crippen molar-refractivity contribution >= 4 is 0 Å². The number of nitrogens with zero attached hydrogens (tertiary/aromatic N) is 3. The predicted molar refractivity (Wildman–Crippen MR) is 62.4 cm³/mol. The summed E-state index contributed by atoms with van der Waals surface area (Å²) in [4.78, 5) is 8.56. The van der Waals surface area contributed by atoms with Gasteiger partial charge in [0.1, 0.15) is 5.69 Å². The molecule has 5 nitrogen and oxygen atoms in total. The van der Waals surface area contributed by atoms with Crippen LogP contribution in [0.15, 0.2) is 22.7 Å². The van der Waals surface area contributed by atoms with E-state index in [1.165, 1.54) is 0 Å². The molecule has 0 fully saturated rings. The smallest absolute Gasteiger partial charge is 0.232 e. The maximum atomic E-state index is 9.45. The normalized spacial score (nSPS) is 14.6. The van der Waals surface area contributed by atoms with Gasteiger partial charge >= 0.3 is 0 Å².